The molecule has 11 heteroatoms. The largest absolute Gasteiger partial charge is 0.456 e. The van der Waals surface area contributed by atoms with Gasteiger partial charge >= 0.3 is 17.9 Å². The third kappa shape index (κ3) is 7.40. The van der Waals surface area contributed by atoms with Crippen LogP contribution in [0.3, 0.4) is 0 Å². The van der Waals surface area contributed by atoms with Crippen LogP contribution >= 0.6 is 34.8 Å². The second-order valence-corrected chi connectivity index (χ2v) is 7.44. The Hall–Kier alpha value is -0.800. The SMILES string of the molecule is CC(=O)O[C@@H]1[C@@H](OCC(Cl)(Cl)Cl)OC[C@@H](OC(C)=O)[C@@H]1OC(C)=O. The molecule has 0 aromatic carbocycles. The lowest BCUT2D eigenvalue weighted by Crippen LogP contribution is -2.58. The minimum Gasteiger partial charge on any atom is -0.456 e. The predicted octanol–water partition coefficient (Wildman–Crippen LogP) is 1.52. The number of carbonyl (C=O) groups excluding carboxylic acids is 3. The fraction of sp³-hybridized carbons (Fsp3) is 0.769. The minimum atomic E-state index is -1.73. The molecule has 1 heterocycles. The van der Waals surface area contributed by atoms with Gasteiger partial charge in [0, 0.05) is 20.8 Å². The average molecular weight is 408 g/mol. The van der Waals surface area contributed by atoms with Crippen molar-refractivity contribution in [2.75, 3.05) is 13.2 Å². The third-order valence-electron chi connectivity index (χ3n) is 2.72. The zero-order chi connectivity index (χ0) is 18.5. The first kappa shape index (κ1) is 21.2. The Bertz CT molecular complexity index is 478. The second-order valence-electron chi connectivity index (χ2n) is 4.92. The lowest BCUT2D eigenvalue weighted by Gasteiger charge is -2.40. The quantitative estimate of drug-likeness (QED) is 0.384. The molecule has 0 spiro atoms. The lowest BCUT2D eigenvalue weighted by atomic mass is 10.0. The molecule has 8 nitrogen and oxygen atoms in total. The van der Waals surface area contributed by atoms with Gasteiger partial charge in [0.15, 0.2) is 24.6 Å². The first-order valence-electron chi connectivity index (χ1n) is 6.81. The Morgan fingerprint density at radius 1 is 0.958 bits per heavy atom. The number of hydrogen-bond donors (Lipinski definition) is 0. The van der Waals surface area contributed by atoms with Gasteiger partial charge in [-0.1, -0.05) is 34.8 Å². The van der Waals surface area contributed by atoms with Crippen molar-refractivity contribution in [2.45, 2.75) is 49.2 Å². The van der Waals surface area contributed by atoms with E-state index < -0.39 is 46.3 Å². The zero-order valence-corrected chi connectivity index (χ0v) is 15.4. The summed E-state index contributed by atoms with van der Waals surface area (Å²) in [4.78, 5) is 33.9. The Morgan fingerprint density at radius 2 is 1.46 bits per heavy atom. The van der Waals surface area contributed by atoms with Crippen LogP contribution in [0.5, 0.6) is 0 Å². The summed E-state index contributed by atoms with van der Waals surface area (Å²) in [7, 11) is 0. The monoisotopic (exact) mass is 406 g/mol. The van der Waals surface area contributed by atoms with Gasteiger partial charge in [0.25, 0.3) is 0 Å². The molecule has 0 amide bonds. The Balaban J connectivity index is 2.99. The van der Waals surface area contributed by atoms with Gasteiger partial charge in [0.05, 0.1) is 13.2 Å². The van der Waals surface area contributed by atoms with Gasteiger partial charge in [-0.2, -0.15) is 0 Å². The molecule has 24 heavy (non-hydrogen) atoms. The van der Waals surface area contributed by atoms with E-state index in [1.54, 1.807) is 0 Å². The second kappa shape index (κ2) is 9.05. The molecule has 0 saturated carbocycles. The van der Waals surface area contributed by atoms with Gasteiger partial charge < -0.3 is 23.7 Å². The van der Waals surface area contributed by atoms with E-state index in [2.05, 4.69) is 0 Å². The molecule has 0 radical (unpaired) electrons. The van der Waals surface area contributed by atoms with Gasteiger partial charge in [-0.25, -0.2) is 0 Å². The van der Waals surface area contributed by atoms with Gasteiger partial charge in [0.2, 0.25) is 3.79 Å². The van der Waals surface area contributed by atoms with Crippen LogP contribution in [0.1, 0.15) is 20.8 Å². The van der Waals surface area contributed by atoms with Gasteiger partial charge in [-0.05, 0) is 0 Å². The summed E-state index contributed by atoms with van der Waals surface area (Å²) in [6.07, 6.45) is -4.51. The summed E-state index contributed by atoms with van der Waals surface area (Å²) in [5.41, 5.74) is 0. The van der Waals surface area contributed by atoms with Crippen LogP contribution in [-0.2, 0) is 38.1 Å². The minimum absolute atomic E-state index is 0.167. The lowest BCUT2D eigenvalue weighted by molar-refractivity contribution is -0.280. The highest BCUT2D eigenvalue weighted by Gasteiger charge is 2.48. The zero-order valence-electron chi connectivity index (χ0n) is 13.1. The van der Waals surface area contributed by atoms with Gasteiger partial charge in [-0.15, -0.1) is 0 Å². The van der Waals surface area contributed by atoms with Gasteiger partial charge in [-0.3, -0.25) is 14.4 Å². The summed E-state index contributed by atoms with van der Waals surface area (Å²) in [6, 6.07) is 0. The van der Waals surface area contributed by atoms with Crippen LogP contribution in [0, 0.1) is 0 Å². The van der Waals surface area contributed by atoms with Crippen molar-refractivity contribution < 1.29 is 38.1 Å². The van der Waals surface area contributed by atoms with Crippen molar-refractivity contribution in [2.24, 2.45) is 0 Å². The van der Waals surface area contributed by atoms with E-state index in [-0.39, 0.29) is 13.2 Å². The van der Waals surface area contributed by atoms with E-state index in [0.29, 0.717) is 0 Å². The van der Waals surface area contributed by atoms with Crippen LogP contribution in [0.15, 0.2) is 0 Å². The smallest absolute Gasteiger partial charge is 0.303 e. The highest BCUT2D eigenvalue weighted by atomic mass is 35.6. The van der Waals surface area contributed by atoms with E-state index in [4.69, 9.17) is 58.5 Å². The summed E-state index contributed by atoms with van der Waals surface area (Å²) in [5.74, 6) is -1.98. The molecule has 0 aromatic rings. The predicted molar refractivity (Wildman–Crippen MR) is 82.6 cm³/mol. The molecule has 1 fully saturated rings. The van der Waals surface area contributed by atoms with E-state index in [9.17, 15) is 14.4 Å². The first-order valence-corrected chi connectivity index (χ1v) is 7.94. The van der Waals surface area contributed by atoms with Crippen molar-refractivity contribution in [3.05, 3.63) is 0 Å². The van der Waals surface area contributed by atoms with Crippen LogP contribution in [0.2, 0.25) is 0 Å². The summed E-state index contributed by atoms with van der Waals surface area (Å²) in [5, 5.41) is 0. The molecule has 1 saturated heterocycles. The standard InChI is InChI=1S/C13H17Cl3O8/c1-6(17)22-9-4-20-12(21-5-13(14,15)16)11(24-8(3)19)10(9)23-7(2)18/h9-12H,4-5H2,1-3H3/t9-,10+,11+,12-/m1/s1. The van der Waals surface area contributed by atoms with E-state index in [0.717, 1.165) is 13.8 Å². The molecule has 1 aliphatic heterocycles. The molecule has 138 valence electrons. The topological polar surface area (TPSA) is 97.4 Å². The number of rotatable bonds is 5. The number of halogens is 3. The Morgan fingerprint density at radius 3 is 1.92 bits per heavy atom. The maximum atomic E-state index is 11.4. The molecule has 0 N–H and O–H groups in total. The number of carbonyl (C=O) groups is 3. The number of alkyl halides is 3. The van der Waals surface area contributed by atoms with E-state index in [1.165, 1.54) is 6.92 Å². The van der Waals surface area contributed by atoms with Crippen molar-refractivity contribution in [1.82, 2.24) is 0 Å². The van der Waals surface area contributed by atoms with Gasteiger partial charge in [0.1, 0.15) is 0 Å². The normalized spacial score (nSPS) is 27.2. The van der Waals surface area contributed by atoms with E-state index >= 15 is 0 Å². The fourth-order valence-electron chi connectivity index (χ4n) is 2.03. The highest BCUT2D eigenvalue weighted by Crippen LogP contribution is 2.30. The Labute approximate surface area is 153 Å². The molecular weight excluding hydrogens is 390 g/mol. The molecule has 0 aromatic heterocycles. The molecule has 4 atom stereocenters. The molecule has 1 aliphatic rings. The molecule has 0 aliphatic carbocycles. The van der Waals surface area contributed by atoms with Crippen LogP contribution in [0.25, 0.3) is 0 Å². The first-order chi connectivity index (χ1) is 11.0. The van der Waals surface area contributed by atoms with Crippen molar-refractivity contribution in [3.8, 4) is 0 Å². The molecule has 1 rings (SSSR count). The van der Waals surface area contributed by atoms with Crippen molar-refractivity contribution in [1.29, 1.82) is 0 Å². The average Bonchev–Trinajstić information content (AvgIpc) is 2.38. The fourth-order valence-corrected chi connectivity index (χ4v) is 2.22. The maximum absolute atomic E-state index is 11.4. The van der Waals surface area contributed by atoms with E-state index in [1.807, 2.05) is 0 Å². The number of esters is 3. The number of hydrogen-bond acceptors (Lipinski definition) is 8. The number of ether oxygens (including phenoxy) is 5. The molecular formula is C13H17Cl3O8. The summed E-state index contributed by atoms with van der Waals surface area (Å²) in [6.45, 7) is 2.94. The maximum Gasteiger partial charge on any atom is 0.303 e. The summed E-state index contributed by atoms with van der Waals surface area (Å²) < 4.78 is 24.2. The third-order valence-corrected chi connectivity index (χ3v) is 3.04. The van der Waals surface area contributed by atoms with Crippen molar-refractivity contribution >= 4 is 52.7 Å². The molecule has 0 bridgehead atoms. The van der Waals surface area contributed by atoms with Crippen LogP contribution in [0.4, 0.5) is 0 Å². The summed E-state index contributed by atoms with van der Waals surface area (Å²) >= 11 is 16.8. The molecule has 0 unspecified atom stereocenters. The van der Waals surface area contributed by atoms with Crippen LogP contribution < -0.4 is 0 Å². The highest BCUT2D eigenvalue weighted by molar-refractivity contribution is 6.67. The van der Waals surface area contributed by atoms with Crippen molar-refractivity contribution in [3.63, 3.8) is 0 Å². The van der Waals surface area contributed by atoms with Crippen LogP contribution in [-0.4, -0.2) is 59.5 Å². The Kier molecular flexibility index (Phi) is 8.01.